The Bertz CT molecular complexity index is 253. The number of aromatic nitrogens is 2. The molecule has 3 heteroatoms. The van der Waals surface area contributed by atoms with Gasteiger partial charge in [0.15, 0.2) is 5.15 Å². The molecular formula is C8H10ClN2. The molecule has 0 atom stereocenters. The summed E-state index contributed by atoms with van der Waals surface area (Å²) in [5.74, 6) is 0. The Labute approximate surface area is 71.6 Å². The van der Waals surface area contributed by atoms with Crippen LogP contribution in [0.1, 0.15) is 26.3 Å². The molecule has 0 aromatic carbocycles. The normalized spacial score (nSPS) is 11.6. The lowest BCUT2D eigenvalue weighted by Crippen LogP contribution is -2.12. The number of halogens is 1. The molecule has 0 spiro atoms. The summed E-state index contributed by atoms with van der Waals surface area (Å²) in [4.78, 5) is 0. The number of rotatable bonds is 0. The third-order valence-electron chi connectivity index (χ3n) is 1.43. The van der Waals surface area contributed by atoms with E-state index >= 15 is 0 Å². The number of nitrogens with zero attached hydrogens (tertiary/aromatic N) is 2. The highest BCUT2D eigenvalue weighted by Gasteiger charge is 2.17. The van der Waals surface area contributed by atoms with Gasteiger partial charge >= 0.3 is 0 Å². The molecule has 0 aliphatic heterocycles. The molecule has 0 saturated heterocycles. The Morgan fingerprint density at radius 3 is 2.45 bits per heavy atom. The van der Waals surface area contributed by atoms with Crippen molar-refractivity contribution in [3.63, 3.8) is 0 Å². The highest BCUT2D eigenvalue weighted by atomic mass is 35.5. The second-order valence-corrected chi connectivity index (χ2v) is 3.79. The predicted molar refractivity (Wildman–Crippen MR) is 44.6 cm³/mol. The molecule has 1 radical (unpaired) electrons. The summed E-state index contributed by atoms with van der Waals surface area (Å²) in [5.41, 5.74) is 0.998. The molecule has 0 saturated carbocycles. The van der Waals surface area contributed by atoms with E-state index in [1.807, 2.05) is 0 Å². The van der Waals surface area contributed by atoms with E-state index in [1.165, 1.54) is 0 Å². The maximum Gasteiger partial charge on any atom is 0.155 e. The largest absolute Gasteiger partial charge is 0.155 e. The van der Waals surface area contributed by atoms with Gasteiger partial charge in [-0.05, 0) is 17.0 Å². The number of hydrogen-bond acceptors (Lipinski definition) is 2. The van der Waals surface area contributed by atoms with Crippen LogP contribution in [0.5, 0.6) is 0 Å². The average molecular weight is 170 g/mol. The highest BCUT2D eigenvalue weighted by Crippen LogP contribution is 2.26. The van der Waals surface area contributed by atoms with Crippen LogP contribution in [0.3, 0.4) is 0 Å². The van der Waals surface area contributed by atoms with Crippen molar-refractivity contribution >= 4 is 11.6 Å². The van der Waals surface area contributed by atoms with E-state index in [1.54, 1.807) is 6.07 Å². The molecule has 1 rings (SSSR count). The lowest BCUT2D eigenvalue weighted by atomic mass is 9.89. The predicted octanol–water partition coefficient (Wildman–Crippen LogP) is 2.23. The quantitative estimate of drug-likeness (QED) is 0.595. The Morgan fingerprint density at radius 2 is 2.09 bits per heavy atom. The zero-order valence-corrected chi connectivity index (χ0v) is 7.61. The van der Waals surface area contributed by atoms with Crippen molar-refractivity contribution in [2.24, 2.45) is 0 Å². The minimum atomic E-state index is 0.0174. The van der Waals surface area contributed by atoms with Crippen molar-refractivity contribution in [3.8, 4) is 0 Å². The van der Waals surface area contributed by atoms with E-state index in [9.17, 15) is 0 Å². The van der Waals surface area contributed by atoms with Gasteiger partial charge in [0.1, 0.15) is 6.20 Å². The van der Waals surface area contributed by atoms with Crippen LogP contribution < -0.4 is 0 Å². The fourth-order valence-electron chi connectivity index (χ4n) is 0.806. The zero-order chi connectivity index (χ0) is 8.48. The molecule has 2 nitrogen and oxygen atoms in total. The lowest BCUT2D eigenvalue weighted by molar-refractivity contribution is 0.584. The van der Waals surface area contributed by atoms with Gasteiger partial charge in [0.05, 0.1) is 0 Å². The molecule has 0 aliphatic carbocycles. The van der Waals surface area contributed by atoms with Gasteiger partial charge in [0, 0.05) is 0 Å². The second kappa shape index (κ2) is 2.78. The van der Waals surface area contributed by atoms with E-state index in [0.29, 0.717) is 5.15 Å². The van der Waals surface area contributed by atoms with Crippen molar-refractivity contribution in [2.75, 3.05) is 0 Å². The van der Waals surface area contributed by atoms with Gasteiger partial charge in [-0.1, -0.05) is 32.4 Å². The van der Waals surface area contributed by atoms with Gasteiger partial charge in [-0.15, -0.1) is 10.2 Å². The van der Waals surface area contributed by atoms with Crippen molar-refractivity contribution in [1.29, 1.82) is 0 Å². The monoisotopic (exact) mass is 169 g/mol. The van der Waals surface area contributed by atoms with Gasteiger partial charge in [0.2, 0.25) is 0 Å². The smallest absolute Gasteiger partial charge is 0.147 e. The van der Waals surface area contributed by atoms with Crippen LogP contribution in [0.15, 0.2) is 6.07 Å². The number of hydrogen-bond donors (Lipinski definition) is 0. The summed E-state index contributed by atoms with van der Waals surface area (Å²) in [7, 11) is 0. The van der Waals surface area contributed by atoms with Gasteiger partial charge in [-0.3, -0.25) is 0 Å². The summed E-state index contributed by atoms with van der Waals surface area (Å²) in [6, 6.07) is 1.77. The summed E-state index contributed by atoms with van der Waals surface area (Å²) >= 11 is 5.82. The van der Waals surface area contributed by atoms with Gasteiger partial charge in [0.25, 0.3) is 0 Å². The van der Waals surface area contributed by atoms with Crippen LogP contribution in [0.25, 0.3) is 0 Å². The Hall–Kier alpha value is -0.630. The van der Waals surface area contributed by atoms with Crippen molar-refractivity contribution in [1.82, 2.24) is 10.2 Å². The lowest BCUT2D eigenvalue weighted by Gasteiger charge is -2.18. The molecule has 1 aromatic rings. The Morgan fingerprint density at radius 1 is 1.45 bits per heavy atom. The van der Waals surface area contributed by atoms with Crippen LogP contribution in [-0.4, -0.2) is 10.2 Å². The Balaban J connectivity index is 3.14. The fraction of sp³-hybridized carbons (Fsp3) is 0.500. The fourth-order valence-corrected chi connectivity index (χ4v) is 1.18. The molecule has 11 heavy (non-hydrogen) atoms. The van der Waals surface area contributed by atoms with Crippen LogP contribution in [0, 0.1) is 6.20 Å². The van der Waals surface area contributed by atoms with E-state index < -0.39 is 0 Å². The SMILES string of the molecule is CC(C)(C)c1c[c]nnc1Cl. The summed E-state index contributed by atoms with van der Waals surface area (Å²) in [6.45, 7) is 6.22. The highest BCUT2D eigenvalue weighted by molar-refractivity contribution is 6.30. The molecule has 0 bridgehead atoms. The van der Waals surface area contributed by atoms with Gasteiger partial charge in [-0.2, -0.15) is 0 Å². The molecule has 1 aromatic heterocycles. The van der Waals surface area contributed by atoms with E-state index in [2.05, 4.69) is 37.2 Å². The van der Waals surface area contributed by atoms with E-state index in [-0.39, 0.29) is 5.41 Å². The van der Waals surface area contributed by atoms with Crippen molar-refractivity contribution in [3.05, 3.63) is 23.0 Å². The van der Waals surface area contributed by atoms with Gasteiger partial charge in [-0.25, -0.2) is 0 Å². The zero-order valence-electron chi connectivity index (χ0n) is 6.85. The van der Waals surface area contributed by atoms with E-state index in [4.69, 9.17) is 11.6 Å². The standard InChI is InChI=1S/C8H10ClN2/c1-8(2,3)6-4-5-10-11-7(6)9/h4H,1-3H3. The van der Waals surface area contributed by atoms with Crippen LogP contribution in [0.2, 0.25) is 5.15 Å². The molecule has 59 valence electrons. The molecule has 1 heterocycles. The molecule has 0 aliphatic rings. The molecule has 0 amide bonds. The average Bonchev–Trinajstić information content (AvgIpc) is 1.86. The first kappa shape index (κ1) is 8.47. The third-order valence-corrected chi connectivity index (χ3v) is 1.71. The Kier molecular flexibility index (Phi) is 2.14. The van der Waals surface area contributed by atoms with Crippen molar-refractivity contribution in [2.45, 2.75) is 26.2 Å². The molecule has 0 fully saturated rings. The maximum absolute atomic E-state index is 5.82. The first-order valence-corrected chi connectivity index (χ1v) is 3.79. The summed E-state index contributed by atoms with van der Waals surface area (Å²) < 4.78 is 0. The second-order valence-electron chi connectivity index (χ2n) is 3.43. The minimum absolute atomic E-state index is 0.0174. The van der Waals surface area contributed by atoms with E-state index in [0.717, 1.165) is 5.56 Å². The van der Waals surface area contributed by atoms with Crippen molar-refractivity contribution < 1.29 is 0 Å². The van der Waals surface area contributed by atoms with Gasteiger partial charge < -0.3 is 0 Å². The molecule has 0 N–H and O–H groups in total. The van der Waals surface area contributed by atoms with Crippen LogP contribution in [0.4, 0.5) is 0 Å². The first-order chi connectivity index (χ1) is 5.02. The van der Waals surface area contributed by atoms with Crippen LogP contribution >= 0.6 is 11.6 Å². The summed E-state index contributed by atoms with van der Waals surface area (Å²) in [6.07, 6.45) is 2.66. The third kappa shape index (κ3) is 1.90. The first-order valence-electron chi connectivity index (χ1n) is 3.41. The minimum Gasteiger partial charge on any atom is -0.147 e. The van der Waals surface area contributed by atoms with Crippen LogP contribution in [-0.2, 0) is 5.41 Å². The molecular weight excluding hydrogens is 160 g/mol. The molecule has 0 unspecified atom stereocenters. The maximum atomic E-state index is 5.82. The summed E-state index contributed by atoms with van der Waals surface area (Å²) in [5, 5.41) is 7.73. The topological polar surface area (TPSA) is 25.8 Å².